The lowest BCUT2D eigenvalue weighted by Crippen LogP contribution is -2.37. The first-order valence-corrected chi connectivity index (χ1v) is 5.90. The van der Waals surface area contributed by atoms with Crippen LogP contribution in [0.2, 0.25) is 0 Å². The third-order valence-electron chi connectivity index (χ3n) is 2.30. The Morgan fingerprint density at radius 1 is 1.39 bits per heavy atom. The molecule has 4 heteroatoms. The number of guanidine groups is 1. The smallest absolute Gasteiger partial charge is 0.192 e. The highest BCUT2D eigenvalue weighted by Crippen LogP contribution is 2.17. The van der Waals surface area contributed by atoms with Gasteiger partial charge in [-0.25, -0.2) is 0 Å². The summed E-state index contributed by atoms with van der Waals surface area (Å²) in [5.41, 5.74) is 1.09. The number of hydrogen-bond donors (Lipinski definition) is 2. The van der Waals surface area contributed by atoms with E-state index < -0.39 is 0 Å². The van der Waals surface area contributed by atoms with Crippen LogP contribution in [0.4, 0.5) is 0 Å². The van der Waals surface area contributed by atoms with Crippen LogP contribution in [0, 0.1) is 12.3 Å². The van der Waals surface area contributed by atoms with Gasteiger partial charge >= 0.3 is 0 Å². The molecule has 0 aromatic heterocycles. The van der Waals surface area contributed by atoms with Crippen LogP contribution in [-0.2, 0) is 6.54 Å². The summed E-state index contributed by atoms with van der Waals surface area (Å²) in [5, 5.41) is 6.19. The van der Waals surface area contributed by atoms with Crippen molar-refractivity contribution in [2.45, 2.75) is 13.5 Å². The quantitative estimate of drug-likeness (QED) is 0.468. The monoisotopic (exact) mass is 245 g/mol. The third kappa shape index (κ3) is 4.38. The first-order valence-electron chi connectivity index (χ1n) is 5.90. The first kappa shape index (κ1) is 13.9. The Morgan fingerprint density at radius 2 is 2.17 bits per heavy atom. The summed E-state index contributed by atoms with van der Waals surface area (Å²) in [7, 11) is 1.71. The maximum atomic E-state index is 5.55. The van der Waals surface area contributed by atoms with Crippen molar-refractivity contribution in [3.8, 4) is 18.1 Å². The highest BCUT2D eigenvalue weighted by Gasteiger charge is 2.03. The number of hydrogen-bond acceptors (Lipinski definition) is 2. The van der Waals surface area contributed by atoms with Gasteiger partial charge in [0.2, 0.25) is 0 Å². The van der Waals surface area contributed by atoms with Crippen LogP contribution >= 0.6 is 0 Å². The van der Waals surface area contributed by atoms with Gasteiger partial charge in [-0.05, 0) is 13.0 Å². The molecule has 1 aromatic rings. The highest BCUT2D eigenvalue weighted by molar-refractivity contribution is 5.79. The number of ether oxygens (including phenoxy) is 1. The summed E-state index contributed by atoms with van der Waals surface area (Å²) in [5.74, 6) is 4.07. The van der Waals surface area contributed by atoms with Gasteiger partial charge in [-0.1, -0.05) is 24.1 Å². The number of nitrogens with one attached hydrogen (secondary N) is 2. The van der Waals surface area contributed by atoms with E-state index in [0.717, 1.165) is 11.3 Å². The van der Waals surface area contributed by atoms with Gasteiger partial charge in [0.1, 0.15) is 5.75 Å². The molecular formula is C14H19N3O. The summed E-state index contributed by atoms with van der Waals surface area (Å²) in [6.07, 6.45) is 5.19. The lowest BCUT2D eigenvalue weighted by Gasteiger charge is -2.13. The van der Waals surface area contributed by atoms with E-state index in [1.54, 1.807) is 7.05 Å². The van der Waals surface area contributed by atoms with Crippen LogP contribution in [0.5, 0.6) is 5.75 Å². The van der Waals surface area contributed by atoms with Gasteiger partial charge in [0.15, 0.2) is 5.96 Å². The summed E-state index contributed by atoms with van der Waals surface area (Å²) < 4.78 is 5.55. The van der Waals surface area contributed by atoms with Crippen molar-refractivity contribution in [3.05, 3.63) is 29.8 Å². The van der Waals surface area contributed by atoms with Crippen molar-refractivity contribution in [1.29, 1.82) is 0 Å². The molecule has 0 unspecified atom stereocenters. The molecule has 0 aliphatic heterocycles. The minimum Gasteiger partial charge on any atom is -0.494 e. The van der Waals surface area contributed by atoms with Crippen molar-refractivity contribution in [2.75, 3.05) is 20.2 Å². The number of rotatable bonds is 5. The van der Waals surface area contributed by atoms with E-state index in [0.29, 0.717) is 25.7 Å². The van der Waals surface area contributed by atoms with Crippen LogP contribution in [0.1, 0.15) is 12.5 Å². The van der Waals surface area contributed by atoms with Crippen molar-refractivity contribution >= 4 is 5.96 Å². The predicted octanol–water partition coefficient (Wildman–Crippen LogP) is 1.38. The molecule has 0 radical (unpaired) electrons. The fraction of sp³-hybridized carbons (Fsp3) is 0.357. The molecule has 0 heterocycles. The molecular weight excluding hydrogens is 226 g/mol. The topological polar surface area (TPSA) is 45.7 Å². The zero-order chi connectivity index (χ0) is 13.2. The fourth-order valence-corrected chi connectivity index (χ4v) is 1.48. The number of benzene rings is 1. The fourth-order valence-electron chi connectivity index (χ4n) is 1.48. The Hall–Kier alpha value is -2.15. The first-order chi connectivity index (χ1) is 8.81. The van der Waals surface area contributed by atoms with Crippen molar-refractivity contribution in [1.82, 2.24) is 10.6 Å². The molecule has 0 amide bonds. The average Bonchev–Trinajstić information content (AvgIpc) is 2.41. The molecule has 18 heavy (non-hydrogen) atoms. The molecule has 4 nitrogen and oxygen atoms in total. The van der Waals surface area contributed by atoms with Crippen LogP contribution in [-0.4, -0.2) is 26.2 Å². The number of aliphatic imine (C=N–C) groups is 1. The highest BCUT2D eigenvalue weighted by atomic mass is 16.5. The van der Waals surface area contributed by atoms with E-state index in [1.807, 2.05) is 31.2 Å². The van der Waals surface area contributed by atoms with Gasteiger partial charge in [-0.2, -0.15) is 0 Å². The normalized spacial score (nSPS) is 10.6. The van der Waals surface area contributed by atoms with Gasteiger partial charge < -0.3 is 15.4 Å². The molecule has 0 fully saturated rings. The minimum atomic E-state index is 0.451. The molecule has 0 spiro atoms. The molecule has 0 saturated carbocycles. The van der Waals surface area contributed by atoms with E-state index in [2.05, 4.69) is 21.5 Å². The third-order valence-corrected chi connectivity index (χ3v) is 2.30. The van der Waals surface area contributed by atoms with Crippen molar-refractivity contribution in [3.63, 3.8) is 0 Å². The van der Waals surface area contributed by atoms with Crippen molar-refractivity contribution < 1.29 is 4.74 Å². The van der Waals surface area contributed by atoms with E-state index in [-0.39, 0.29) is 0 Å². The van der Waals surface area contributed by atoms with E-state index in [9.17, 15) is 0 Å². The summed E-state index contributed by atoms with van der Waals surface area (Å²) in [4.78, 5) is 4.07. The molecule has 0 atom stereocenters. The molecule has 0 saturated heterocycles. The Balaban J connectivity index is 2.59. The summed E-state index contributed by atoms with van der Waals surface area (Å²) in [6, 6.07) is 7.92. The second kappa shape index (κ2) is 8.02. The van der Waals surface area contributed by atoms with Gasteiger partial charge in [0.25, 0.3) is 0 Å². The van der Waals surface area contributed by atoms with Crippen molar-refractivity contribution in [2.24, 2.45) is 4.99 Å². The average molecular weight is 245 g/mol. The summed E-state index contributed by atoms with van der Waals surface area (Å²) in [6.45, 7) is 3.71. The van der Waals surface area contributed by atoms with Crippen LogP contribution in [0.25, 0.3) is 0 Å². The number of para-hydroxylation sites is 1. The Morgan fingerprint density at radius 3 is 2.83 bits per heavy atom. The zero-order valence-corrected chi connectivity index (χ0v) is 10.9. The predicted molar refractivity (Wildman–Crippen MR) is 74.6 cm³/mol. The molecule has 0 aliphatic rings. The van der Waals surface area contributed by atoms with Gasteiger partial charge in [-0.3, -0.25) is 4.99 Å². The minimum absolute atomic E-state index is 0.451. The van der Waals surface area contributed by atoms with E-state index in [4.69, 9.17) is 11.2 Å². The molecule has 2 N–H and O–H groups in total. The van der Waals surface area contributed by atoms with Crippen LogP contribution < -0.4 is 15.4 Å². The molecule has 1 aromatic carbocycles. The number of terminal acetylenes is 1. The lowest BCUT2D eigenvalue weighted by molar-refractivity contribution is 0.336. The Kier molecular flexibility index (Phi) is 6.20. The maximum Gasteiger partial charge on any atom is 0.192 e. The van der Waals surface area contributed by atoms with Gasteiger partial charge in [-0.15, -0.1) is 6.42 Å². The second-order valence-electron chi connectivity index (χ2n) is 3.52. The Labute approximate surface area is 108 Å². The zero-order valence-electron chi connectivity index (χ0n) is 10.9. The Bertz CT molecular complexity index is 435. The van der Waals surface area contributed by atoms with E-state index >= 15 is 0 Å². The molecule has 0 aliphatic carbocycles. The van der Waals surface area contributed by atoms with E-state index in [1.165, 1.54) is 0 Å². The van der Waals surface area contributed by atoms with Gasteiger partial charge in [0, 0.05) is 19.2 Å². The van der Waals surface area contributed by atoms with Crippen LogP contribution in [0.15, 0.2) is 29.3 Å². The largest absolute Gasteiger partial charge is 0.494 e. The maximum absolute atomic E-state index is 5.55. The van der Waals surface area contributed by atoms with Gasteiger partial charge in [0.05, 0.1) is 13.2 Å². The number of nitrogens with zero attached hydrogens (tertiary/aromatic N) is 1. The standard InChI is InChI=1S/C14H19N3O/c1-4-10-16-14(15-3)17-11-12-8-6-7-9-13(12)18-5-2/h1,6-9H,5,10-11H2,2-3H3,(H2,15,16,17). The van der Waals surface area contributed by atoms with Crippen LogP contribution in [0.3, 0.4) is 0 Å². The molecule has 96 valence electrons. The lowest BCUT2D eigenvalue weighted by atomic mass is 10.2. The second-order valence-corrected chi connectivity index (χ2v) is 3.52. The molecule has 0 bridgehead atoms. The SMILES string of the molecule is C#CCNC(=NC)NCc1ccccc1OCC. The summed E-state index contributed by atoms with van der Waals surface area (Å²) >= 11 is 0. The molecule has 1 rings (SSSR count).